The standard InChI is InChI=1S/C8H10BrN3O2/c9-5-1-6(3-11-2-5)12-8(14)7(10)4-13/h1-3,7,13H,4,10H2,(H,12,14). The van der Waals surface area contributed by atoms with Crippen molar-refractivity contribution in [3.05, 3.63) is 22.9 Å². The summed E-state index contributed by atoms with van der Waals surface area (Å²) in [7, 11) is 0. The van der Waals surface area contributed by atoms with Gasteiger partial charge in [0.05, 0.1) is 18.5 Å². The number of hydrogen-bond donors (Lipinski definition) is 3. The van der Waals surface area contributed by atoms with Crippen LogP contribution in [0.1, 0.15) is 0 Å². The van der Waals surface area contributed by atoms with Crippen LogP contribution in [-0.2, 0) is 4.79 Å². The van der Waals surface area contributed by atoms with Crippen LogP contribution in [0.3, 0.4) is 0 Å². The van der Waals surface area contributed by atoms with E-state index in [9.17, 15) is 4.79 Å². The molecule has 6 heteroatoms. The third kappa shape index (κ3) is 3.06. The van der Waals surface area contributed by atoms with Gasteiger partial charge >= 0.3 is 0 Å². The molecule has 1 aromatic heterocycles. The lowest BCUT2D eigenvalue weighted by Gasteiger charge is -2.08. The number of amides is 1. The summed E-state index contributed by atoms with van der Waals surface area (Å²) in [5.41, 5.74) is 5.84. The van der Waals surface area contributed by atoms with E-state index in [1.54, 1.807) is 12.3 Å². The van der Waals surface area contributed by atoms with Crippen LogP contribution in [0.5, 0.6) is 0 Å². The number of nitrogens with two attached hydrogens (primary N) is 1. The number of aromatic nitrogens is 1. The Morgan fingerprint density at radius 1 is 1.71 bits per heavy atom. The molecule has 0 aliphatic rings. The second-order valence-corrected chi connectivity index (χ2v) is 3.59. The van der Waals surface area contributed by atoms with Gasteiger partial charge in [-0.25, -0.2) is 0 Å². The molecule has 14 heavy (non-hydrogen) atoms. The topological polar surface area (TPSA) is 88.2 Å². The fourth-order valence-corrected chi connectivity index (χ4v) is 1.16. The van der Waals surface area contributed by atoms with Gasteiger partial charge in [0.15, 0.2) is 0 Å². The van der Waals surface area contributed by atoms with Gasteiger partial charge < -0.3 is 16.2 Å². The minimum atomic E-state index is -0.908. The molecule has 76 valence electrons. The number of nitrogens with zero attached hydrogens (tertiary/aromatic N) is 1. The maximum Gasteiger partial charge on any atom is 0.243 e. The van der Waals surface area contributed by atoms with Crippen LogP contribution in [0.4, 0.5) is 5.69 Å². The van der Waals surface area contributed by atoms with Crippen LogP contribution >= 0.6 is 15.9 Å². The molecule has 0 aliphatic carbocycles. The van der Waals surface area contributed by atoms with Gasteiger partial charge in [0.25, 0.3) is 0 Å². The van der Waals surface area contributed by atoms with Gasteiger partial charge in [0.1, 0.15) is 6.04 Å². The molecule has 1 aromatic rings. The first kappa shape index (κ1) is 11.1. The first-order chi connectivity index (χ1) is 6.63. The molecule has 1 amide bonds. The highest BCUT2D eigenvalue weighted by atomic mass is 79.9. The Hall–Kier alpha value is -0.980. The van der Waals surface area contributed by atoms with Crippen molar-refractivity contribution < 1.29 is 9.90 Å². The van der Waals surface area contributed by atoms with Gasteiger partial charge in [0.2, 0.25) is 5.91 Å². The van der Waals surface area contributed by atoms with Gasteiger partial charge in [-0.3, -0.25) is 9.78 Å². The Labute approximate surface area is 89.5 Å². The lowest BCUT2D eigenvalue weighted by Crippen LogP contribution is -2.38. The Kier molecular flexibility index (Phi) is 3.99. The smallest absolute Gasteiger partial charge is 0.243 e. The molecule has 0 saturated carbocycles. The third-order valence-electron chi connectivity index (χ3n) is 1.51. The highest BCUT2D eigenvalue weighted by Gasteiger charge is 2.11. The molecule has 1 heterocycles. The number of carbonyl (C=O) groups is 1. The number of halogens is 1. The van der Waals surface area contributed by atoms with E-state index in [-0.39, 0.29) is 6.61 Å². The van der Waals surface area contributed by atoms with Crippen LogP contribution in [0.2, 0.25) is 0 Å². The van der Waals surface area contributed by atoms with Crippen LogP contribution in [-0.4, -0.2) is 28.6 Å². The summed E-state index contributed by atoms with van der Waals surface area (Å²) in [5.74, 6) is -0.438. The average Bonchev–Trinajstić information content (AvgIpc) is 2.16. The summed E-state index contributed by atoms with van der Waals surface area (Å²) in [6, 6.07) is 0.781. The van der Waals surface area contributed by atoms with E-state index in [2.05, 4.69) is 26.2 Å². The quantitative estimate of drug-likeness (QED) is 0.719. The van der Waals surface area contributed by atoms with E-state index in [0.29, 0.717) is 5.69 Å². The molecular weight excluding hydrogens is 250 g/mol. The Morgan fingerprint density at radius 3 is 3.00 bits per heavy atom. The third-order valence-corrected chi connectivity index (χ3v) is 1.94. The second-order valence-electron chi connectivity index (χ2n) is 2.67. The van der Waals surface area contributed by atoms with Crippen molar-refractivity contribution in [1.82, 2.24) is 4.98 Å². The number of anilines is 1. The van der Waals surface area contributed by atoms with E-state index < -0.39 is 11.9 Å². The van der Waals surface area contributed by atoms with E-state index in [1.807, 2.05) is 0 Å². The molecule has 0 aromatic carbocycles. The molecule has 0 bridgehead atoms. The number of nitrogens with one attached hydrogen (secondary N) is 1. The molecule has 1 unspecified atom stereocenters. The molecular formula is C8H10BrN3O2. The molecule has 0 aliphatic heterocycles. The summed E-state index contributed by atoms with van der Waals surface area (Å²) in [6.07, 6.45) is 3.09. The van der Waals surface area contributed by atoms with Gasteiger partial charge in [-0.15, -0.1) is 0 Å². The first-order valence-corrected chi connectivity index (χ1v) is 4.70. The summed E-state index contributed by atoms with van der Waals surface area (Å²) < 4.78 is 0.757. The van der Waals surface area contributed by atoms with Crippen LogP contribution in [0.25, 0.3) is 0 Å². The number of carbonyl (C=O) groups excluding carboxylic acids is 1. The van der Waals surface area contributed by atoms with Crippen LogP contribution in [0.15, 0.2) is 22.9 Å². The van der Waals surface area contributed by atoms with Crippen molar-refractivity contribution in [2.75, 3.05) is 11.9 Å². The molecule has 0 radical (unpaired) electrons. The highest BCUT2D eigenvalue weighted by molar-refractivity contribution is 9.10. The molecule has 0 saturated heterocycles. The Balaban J connectivity index is 2.65. The zero-order valence-corrected chi connectivity index (χ0v) is 8.86. The van der Waals surface area contributed by atoms with Crippen molar-refractivity contribution >= 4 is 27.5 Å². The molecule has 5 nitrogen and oxygen atoms in total. The number of hydrogen-bond acceptors (Lipinski definition) is 4. The maximum atomic E-state index is 11.2. The predicted octanol–water partition coefficient (Wildman–Crippen LogP) is 0.102. The summed E-state index contributed by atoms with van der Waals surface area (Å²) in [4.78, 5) is 15.1. The summed E-state index contributed by atoms with van der Waals surface area (Å²) >= 11 is 3.21. The van der Waals surface area contributed by atoms with Crippen molar-refractivity contribution in [2.24, 2.45) is 5.73 Å². The second kappa shape index (κ2) is 5.04. The largest absolute Gasteiger partial charge is 0.394 e. The van der Waals surface area contributed by atoms with E-state index in [0.717, 1.165) is 4.47 Å². The molecule has 1 rings (SSSR count). The Morgan fingerprint density at radius 2 is 2.43 bits per heavy atom. The minimum absolute atomic E-state index is 0.382. The van der Waals surface area contributed by atoms with Gasteiger partial charge in [-0.2, -0.15) is 0 Å². The summed E-state index contributed by atoms with van der Waals surface area (Å²) in [5, 5.41) is 11.1. The van der Waals surface area contributed by atoms with Crippen LogP contribution < -0.4 is 11.1 Å². The number of pyridine rings is 1. The van der Waals surface area contributed by atoms with Crippen molar-refractivity contribution in [1.29, 1.82) is 0 Å². The SMILES string of the molecule is NC(CO)C(=O)Nc1cncc(Br)c1. The van der Waals surface area contributed by atoms with Gasteiger partial charge in [0, 0.05) is 10.7 Å². The summed E-state index contributed by atoms with van der Waals surface area (Å²) in [6.45, 7) is -0.382. The number of aliphatic hydroxyl groups excluding tert-OH is 1. The van der Waals surface area contributed by atoms with E-state index in [4.69, 9.17) is 10.8 Å². The normalized spacial score (nSPS) is 12.2. The highest BCUT2D eigenvalue weighted by Crippen LogP contribution is 2.13. The fraction of sp³-hybridized carbons (Fsp3) is 0.250. The zero-order chi connectivity index (χ0) is 10.6. The van der Waals surface area contributed by atoms with E-state index >= 15 is 0 Å². The molecule has 0 spiro atoms. The van der Waals surface area contributed by atoms with Crippen molar-refractivity contribution in [2.45, 2.75) is 6.04 Å². The Bertz CT molecular complexity index is 332. The van der Waals surface area contributed by atoms with Crippen molar-refractivity contribution in [3.63, 3.8) is 0 Å². The number of aliphatic hydroxyl groups is 1. The lowest BCUT2D eigenvalue weighted by molar-refractivity contribution is -0.118. The van der Waals surface area contributed by atoms with Crippen molar-refractivity contribution in [3.8, 4) is 0 Å². The minimum Gasteiger partial charge on any atom is -0.394 e. The fourth-order valence-electron chi connectivity index (χ4n) is 0.798. The monoisotopic (exact) mass is 259 g/mol. The maximum absolute atomic E-state index is 11.2. The number of rotatable bonds is 3. The molecule has 0 fully saturated rings. The molecule has 1 atom stereocenters. The first-order valence-electron chi connectivity index (χ1n) is 3.91. The van der Waals surface area contributed by atoms with Crippen LogP contribution in [0, 0.1) is 0 Å². The van der Waals surface area contributed by atoms with Gasteiger partial charge in [-0.1, -0.05) is 0 Å². The van der Waals surface area contributed by atoms with E-state index in [1.165, 1.54) is 6.20 Å². The lowest BCUT2D eigenvalue weighted by atomic mass is 10.3. The molecule has 4 N–H and O–H groups in total. The predicted molar refractivity (Wildman–Crippen MR) is 55.6 cm³/mol. The zero-order valence-electron chi connectivity index (χ0n) is 7.27. The average molecular weight is 260 g/mol. The van der Waals surface area contributed by atoms with Gasteiger partial charge in [-0.05, 0) is 22.0 Å².